The number of hydrogen-bond donors (Lipinski definition) is 0. The topological polar surface area (TPSA) is 77.7 Å². The Morgan fingerprint density at radius 2 is 1.97 bits per heavy atom. The average Bonchev–Trinajstić information content (AvgIpc) is 3.39. The fourth-order valence-corrected chi connectivity index (χ4v) is 5.67. The minimum Gasteiger partial charge on any atom is -0.464 e. The van der Waals surface area contributed by atoms with Crippen LogP contribution in [0.3, 0.4) is 0 Å². The molecule has 6 rings (SSSR count). The zero-order chi connectivity index (χ0) is 19.4. The van der Waals surface area contributed by atoms with Crippen molar-refractivity contribution < 1.29 is 9.47 Å². The molecular formula is C20H22N6O2S. The second kappa shape index (κ2) is 6.77. The summed E-state index contributed by atoms with van der Waals surface area (Å²) < 4.78 is 14.1. The molecule has 5 heterocycles. The van der Waals surface area contributed by atoms with E-state index in [2.05, 4.69) is 15.0 Å². The second-order valence-corrected chi connectivity index (χ2v) is 8.48. The highest BCUT2D eigenvalue weighted by Gasteiger charge is 2.27. The maximum atomic E-state index is 5.78. The molecule has 9 heteroatoms. The summed E-state index contributed by atoms with van der Waals surface area (Å²) >= 11 is 1.66. The van der Waals surface area contributed by atoms with Crippen molar-refractivity contribution in [2.24, 2.45) is 0 Å². The van der Waals surface area contributed by atoms with E-state index < -0.39 is 0 Å². The van der Waals surface area contributed by atoms with Crippen molar-refractivity contribution >= 4 is 43.2 Å². The molecule has 8 nitrogen and oxygen atoms in total. The molecule has 4 aromatic heterocycles. The number of pyridine rings is 1. The summed E-state index contributed by atoms with van der Waals surface area (Å²) in [6, 6.07) is 0.494. The molecule has 1 fully saturated rings. The van der Waals surface area contributed by atoms with E-state index >= 15 is 0 Å². The maximum Gasteiger partial charge on any atom is 0.320 e. The van der Waals surface area contributed by atoms with Crippen molar-refractivity contribution in [1.82, 2.24) is 24.6 Å². The summed E-state index contributed by atoms with van der Waals surface area (Å²) in [5.41, 5.74) is 4.55. The molecule has 29 heavy (non-hydrogen) atoms. The number of aromatic nitrogens is 5. The van der Waals surface area contributed by atoms with Crippen molar-refractivity contribution in [3.63, 3.8) is 0 Å². The third-order valence-electron chi connectivity index (χ3n) is 5.83. The Morgan fingerprint density at radius 1 is 1.14 bits per heavy atom. The first-order valence-electron chi connectivity index (χ1n) is 10.3. The largest absolute Gasteiger partial charge is 0.464 e. The van der Waals surface area contributed by atoms with Gasteiger partial charge in [0.2, 0.25) is 0 Å². The number of hydrogen-bond acceptors (Lipinski definition) is 8. The molecule has 1 aliphatic heterocycles. The molecule has 0 amide bonds. The van der Waals surface area contributed by atoms with Gasteiger partial charge in [-0.25, -0.2) is 9.97 Å². The number of rotatable bonds is 3. The molecule has 1 saturated heterocycles. The number of nitrogens with zero attached hydrogens (tertiary/aromatic N) is 6. The van der Waals surface area contributed by atoms with Gasteiger partial charge in [-0.2, -0.15) is 14.6 Å². The van der Waals surface area contributed by atoms with E-state index in [1.807, 2.05) is 6.92 Å². The molecule has 0 unspecified atom stereocenters. The minimum absolute atomic E-state index is 0.494. The van der Waals surface area contributed by atoms with Crippen LogP contribution in [0.2, 0.25) is 0 Å². The number of aryl methyl sites for hydroxylation is 1. The summed E-state index contributed by atoms with van der Waals surface area (Å²) in [6.07, 6.45) is 6.13. The first kappa shape index (κ1) is 17.3. The van der Waals surface area contributed by atoms with E-state index in [1.54, 1.807) is 22.2 Å². The number of thiophene rings is 1. The summed E-state index contributed by atoms with van der Waals surface area (Å²) in [5, 5.41) is 5.50. The zero-order valence-electron chi connectivity index (χ0n) is 16.3. The Morgan fingerprint density at radius 3 is 2.79 bits per heavy atom. The van der Waals surface area contributed by atoms with E-state index in [0.717, 1.165) is 65.7 Å². The number of fused-ring (bicyclic) bond motifs is 7. The van der Waals surface area contributed by atoms with Gasteiger partial charge < -0.3 is 14.4 Å². The Hall–Kier alpha value is -2.52. The van der Waals surface area contributed by atoms with Gasteiger partial charge in [0.1, 0.15) is 27.2 Å². The standard InChI is InChI=1S/C20H22N6O2S/c1-2-28-20-23-15-14-12-5-3-4-6-13(12)17(25-7-9-27-10-8-25)24-19(14)29-16(15)18-21-11-22-26(18)20/h11H,2-10H2,1H3. The second-order valence-electron chi connectivity index (χ2n) is 7.48. The first-order chi connectivity index (χ1) is 14.3. The number of morpholine rings is 1. The third kappa shape index (κ3) is 2.60. The van der Waals surface area contributed by atoms with Gasteiger partial charge in [0.25, 0.3) is 0 Å². The predicted octanol–water partition coefficient (Wildman–Crippen LogP) is 3.00. The van der Waals surface area contributed by atoms with Crippen LogP contribution in [0.25, 0.3) is 26.1 Å². The van der Waals surface area contributed by atoms with Crippen LogP contribution in [0.5, 0.6) is 6.01 Å². The van der Waals surface area contributed by atoms with Gasteiger partial charge in [-0.1, -0.05) is 0 Å². The molecule has 0 atom stereocenters. The van der Waals surface area contributed by atoms with Crippen LogP contribution in [-0.2, 0) is 17.6 Å². The van der Waals surface area contributed by atoms with E-state index in [-0.39, 0.29) is 0 Å². The van der Waals surface area contributed by atoms with Gasteiger partial charge in [0, 0.05) is 18.5 Å². The molecule has 0 N–H and O–H groups in total. The molecule has 0 aromatic carbocycles. The molecular weight excluding hydrogens is 388 g/mol. The minimum atomic E-state index is 0.494. The molecule has 1 aliphatic carbocycles. The Labute approximate surface area is 171 Å². The Balaban J connectivity index is 1.67. The third-order valence-corrected chi connectivity index (χ3v) is 6.90. The molecule has 0 saturated carbocycles. The SMILES string of the molecule is CCOc1nc2c(sc3nc(N4CCOCC4)c4c(c32)CCCC4)c2ncnn12. The molecule has 0 bridgehead atoms. The molecule has 4 aromatic rings. The normalized spacial score (nSPS) is 17.3. The zero-order valence-corrected chi connectivity index (χ0v) is 17.2. The molecule has 0 spiro atoms. The van der Waals surface area contributed by atoms with E-state index in [4.69, 9.17) is 19.4 Å². The lowest BCUT2D eigenvalue weighted by Crippen LogP contribution is -2.37. The summed E-state index contributed by atoms with van der Waals surface area (Å²) in [4.78, 5) is 18.0. The van der Waals surface area contributed by atoms with Crippen molar-refractivity contribution in [3.8, 4) is 6.01 Å². The van der Waals surface area contributed by atoms with Crippen LogP contribution in [0, 0.1) is 0 Å². The molecule has 150 valence electrons. The van der Waals surface area contributed by atoms with Crippen LogP contribution >= 0.6 is 11.3 Å². The highest BCUT2D eigenvalue weighted by atomic mass is 32.1. The van der Waals surface area contributed by atoms with Gasteiger partial charge in [-0.15, -0.1) is 11.3 Å². The fraction of sp³-hybridized carbons (Fsp3) is 0.500. The van der Waals surface area contributed by atoms with Crippen LogP contribution in [-0.4, -0.2) is 57.5 Å². The highest BCUT2D eigenvalue weighted by Crippen LogP contribution is 2.42. The quantitative estimate of drug-likeness (QED) is 0.514. The van der Waals surface area contributed by atoms with Crippen LogP contribution in [0.4, 0.5) is 5.82 Å². The van der Waals surface area contributed by atoms with Gasteiger partial charge >= 0.3 is 6.01 Å². The lowest BCUT2D eigenvalue weighted by Gasteiger charge is -2.31. The van der Waals surface area contributed by atoms with Crippen LogP contribution in [0.1, 0.15) is 30.9 Å². The van der Waals surface area contributed by atoms with Gasteiger partial charge in [-0.05, 0) is 43.7 Å². The average molecular weight is 411 g/mol. The summed E-state index contributed by atoms with van der Waals surface area (Å²) in [7, 11) is 0. The van der Waals surface area contributed by atoms with Gasteiger partial charge in [-0.3, -0.25) is 0 Å². The monoisotopic (exact) mass is 410 g/mol. The molecule has 0 radical (unpaired) electrons. The summed E-state index contributed by atoms with van der Waals surface area (Å²) in [5.74, 6) is 1.14. The van der Waals surface area contributed by atoms with E-state index in [9.17, 15) is 0 Å². The van der Waals surface area contributed by atoms with Crippen molar-refractivity contribution in [2.45, 2.75) is 32.6 Å². The smallest absolute Gasteiger partial charge is 0.320 e. The lowest BCUT2D eigenvalue weighted by atomic mass is 9.90. The van der Waals surface area contributed by atoms with Crippen LogP contribution < -0.4 is 9.64 Å². The van der Waals surface area contributed by atoms with Crippen molar-refractivity contribution in [1.29, 1.82) is 0 Å². The number of anilines is 1. The van der Waals surface area contributed by atoms with Crippen LogP contribution in [0.15, 0.2) is 6.33 Å². The van der Waals surface area contributed by atoms with E-state index in [0.29, 0.717) is 12.6 Å². The molecule has 2 aliphatic rings. The van der Waals surface area contributed by atoms with Crippen molar-refractivity contribution in [3.05, 3.63) is 17.5 Å². The van der Waals surface area contributed by atoms with Crippen molar-refractivity contribution in [2.75, 3.05) is 37.8 Å². The first-order valence-corrected chi connectivity index (χ1v) is 11.1. The predicted molar refractivity (Wildman–Crippen MR) is 112 cm³/mol. The maximum absolute atomic E-state index is 5.78. The van der Waals surface area contributed by atoms with Gasteiger partial charge in [0.15, 0.2) is 5.65 Å². The van der Waals surface area contributed by atoms with E-state index in [1.165, 1.54) is 29.4 Å². The fourth-order valence-electron chi connectivity index (χ4n) is 4.55. The lowest BCUT2D eigenvalue weighted by molar-refractivity contribution is 0.122. The Kier molecular flexibility index (Phi) is 4.05. The number of ether oxygens (including phenoxy) is 2. The summed E-state index contributed by atoms with van der Waals surface area (Å²) in [6.45, 7) is 5.82. The highest BCUT2D eigenvalue weighted by molar-refractivity contribution is 7.26. The Bertz CT molecular complexity index is 1230. The van der Waals surface area contributed by atoms with Gasteiger partial charge in [0.05, 0.1) is 19.8 Å².